The van der Waals surface area contributed by atoms with Crippen LogP contribution in [0.4, 0.5) is 0 Å². The molecule has 0 fully saturated rings. The van der Waals surface area contributed by atoms with Gasteiger partial charge < -0.3 is 35.0 Å². The van der Waals surface area contributed by atoms with Gasteiger partial charge in [0.05, 0.1) is 17.9 Å². The SMILES string of the molecule is CC#CCOc1ccc(C(=C=O)[C@@H](NC(=O)[C@@H](C=CCCCCCCC(=O)CCCCCCC)[C@@](O)(CC(=O)O)C(=O)O)OCC(=O)N(C)C)cc1. The first-order valence-corrected chi connectivity index (χ1v) is 17.7. The zero-order chi connectivity index (χ0) is 38.9. The van der Waals surface area contributed by atoms with E-state index in [1.165, 1.54) is 55.8 Å². The second kappa shape index (κ2) is 25.2. The lowest BCUT2D eigenvalue weighted by Gasteiger charge is -2.30. The number of hydrogen-bond donors (Lipinski definition) is 4. The van der Waals surface area contributed by atoms with Crippen molar-refractivity contribution in [1.29, 1.82) is 0 Å². The maximum absolute atomic E-state index is 13.8. The number of nitrogens with zero attached hydrogens (tertiary/aromatic N) is 1. The fraction of sp³-hybridized carbons (Fsp3) is 0.564. The van der Waals surface area contributed by atoms with Crippen molar-refractivity contribution in [3.05, 3.63) is 42.0 Å². The molecule has 0 aliphatic rings. The Hall–Kier alpha value is -4.76. The molecule has 13 nitrogen and oxygen atoms in total. The molecule has 0 unspecified atom stereocenters. The van der Waals surface area contributed by atoms with Crippen LogP contribution in [0.2, 0.25) is 0 Å². The average molecular weight is 727 g/mol. The number of likely N-dealkylation sites (N-methyl/N-ethyl adjacent to an activating group) is 1. The van der Waals surface area contributed by atoms with Gasteiger partial charge in [0.2, 0.25) is 11.8 Å². The molecule has 0 spiro atoms. The standard InChI is InChI=1S/C39H54N2O11/c1-5-7-9-12-15-18-30(43)19-16-13-10-11-14-17-20-33(39(50,38(48)49)26-35(45)46)36(47)40-37(52-28-34(44)41(3)4)32(27-42)29-21-23-31(24-22-29)51-25-8-6-2/h17,20-24,33,37,50H,5,7,9-16,18-19,25-26,28H2,1-4H3,(H,40,47)(H,45,46)(H,48,49)/t33-,37+,39+/m1/s1. The van der Waals surface area contributed by atoms with Crippen molar-refractivity contribution in [1.82, 2.24) is 10.2 Å². The number of aliphatic hydroxyl groups is 1. The summed E-state index contributed by atoms with van der Waals surface area (Å²) in [5.41, 5.74) is -3.14. The number of carboxylic acid groups (broad SMARTS) is 2. The van der Waals surface area contributed by atoms with Crippen LogP contribution in [0.25, 0.3) is 5.57 Å². The molecule has 0 aliphatic heterocycles. The van der Waals surface area contributed by atoms with Gasteiger partial charge in [0.1, 0.15) is 30.7 Å². The molecule has 4 N–H and O–H groups in total. The third-order valence-electron chi connectivity index (χ3n) is 8.22. The van der Waals surface area contributed by atoms with E-state index in [0.717, 1.165) is 51.0 Å². The van der Waals surface area contributed by atoms with Gasteiger partial charge in [-0.05, 0) is 50.3 Å². The van der Waals surface area contributed by atoms with Gasteiger partial charge in [-0.3, -0.25) is 19.2 Å². The monoisotopic (exact) mass is 726 g/mol. The number of Topliss-reactive ketones (excluding diaryl/α,β-unsaturated/α-hetero) is 1. The number of unbranched alkanes of at least 4 members (excludes halogenated alkanes) is 8. The molecule has 0 saturated carbocycles. The van der Waals surface area contributed by atoms with Gasteiger partial charge in [-0.1, -0.05) is 75.7 Å². The van der Waals surface area contributed by atoms with Crippen LogP contribution in [0, 0.1) is 17.8 Å². The lowest BCUT2D eigenvalue weighted by molar-refractivity contribution is -0.172. The van der Waals surface area contributed by atoms with Gasteiger partial charge in [0.15, 0.2) is 11.8 Å². The van der Waals surface area contributed by atoms with E-state index in [9.17, 15) is 44.1 Å². The van der Waals surface area contributed by atoms with Crippen molar-refractivity contribution in [2.75, 3.05) is 27.3 Å². The number of allylic oxidation sites excluding steroid dienone is 1. The van der Waals surface area contributed by atoms with Crippen LogP contribution in [0.1, 0.15) is 103 Å². The molecule has 1 aromatic rings. The molecule has 0 aliphatic carbocycles. The molecular weight excluding hydrogens is 672 g/mol. The number of carbonyl (C=O) groups is 5. The number of benzene rings is 1. The van der Waals surface area contributed by atoms with Crippen molar-refractivity contribution >= 4 is 41.1 Å². The van der Waals surface area contributed by atoms with E-state index in [2.05, 4.69) is 24.1 Å². The van der Waals surface area contributed by atoms with E-state index in [4.69, 9.17) is 9.47 Å². The number of aliphatic carboxylic acids is 2. The number of rotatable bonds is 27. The Morgan fingerprint density at radius 2 is 1.56 bits per heavy atom. The van der Waals surface area contributed by atoms with Crippen molar-refractivity contribution in [2.45, 2.75) is 109 Å². The minimum absolute atomic E-state index is 0.124. The first kappa shape index (κ1) is 45.3. The number of amides is 2. The Bertz CT molecular complexity index is 1450. The highest BCUT2D eigenvalue weighted by atomic mass is 16.5. The second-order valence-corrected chi connectivity index (χ2v) is 12.6. The predicted octanol–water partition coefficient (Wildman–Crippen LogP) is 4.58. The maximum Gasteiger partial charge on any atom is 0.337 e. The molecule has 286 valence electrons. The highest BCUT2D eigenvalue weighted by Crippen LogP contribution is 2.27. The summed E-state index contributed by atoms with van der Waals surface area (Å²) < 4.78 is 11.1. The van der Waals surface area contributed by atoms with Gasteiger partial charge in [-0.15, -0.1) is 5.92 Å². The van der Waals surface area contributed by atoms with E-state index >= 15 is 0 Å². The van der Waals surface area contributed by atoms with E-state index in [0.29, 0.717) is 31.4 Å². The number of nitrogens with one attached hydrogen (secondary N) is 1. The molecule has 0 aromatic heterocycles. The molecule has 3 atom stereocenters. The molecule has 0 bridgehead atoms. The second-order valence-electron chi connectivity index (χ2n) is 12.6. The van der Waals surface area contributed by atoms with E-state index < -0.39 is 54.5 Å². The number of carbonyl (C=O) groups excluding carboxylic acids is 4. The summed E-state index contributed by atoms with van der Waals surface area (Å²) in [6.45, 7) is 3.32. The molecule has 2 amide bonds. The number of carboxylic acids is 2. The molecule has 52 heavy (non-hydrogen) atoms. The Kier molecular flexibility index (Phi) is 22.0. The summed E-state index contributed by atoms with van der Waals surface area (Å²) in [7, 11) is 2.93. The topological polar surface area (TPSA) is 197 Å². The van der Waals surface area contributed by atoms with Crippen LogP contribution in [-0.2, 0) is 33.5 Å². The highest BCUT2D eigenvalue weighted by molar-refractivity contribution is 5.96. The minimum atomic E-state index is -3.08. The third kappa shape index (κ3) is 17.0. The van der Waals surface area contributed by atoms with Crippen molar-refractivity contribution < 1.29 is 53.6 Å². The molecule has 0 heterocycles. The third-order valence-corrected chi connectivity index (χ3v) is 8.22. The van der Waals surface area contributed by atoms with Crippen LogP contribution in [-0.4, -0.2) is 94.8 Å². The number of ketones is 1. The summed E-state index contributed by atoms with van der Waals surface area (Å²) in [6, 6.07) is 6.02. The minimum Gasteiger partial charge on any atom is -0.481 e. The van der Waals surface area contributed by atoms with Gasteiger partial charge >= 0.3 is 11.9 Å². The van der Waals surface area contributed by atoms with Gasteiger partial charge in [-0.2, -0.15) is 0 Å². The molecule has 0 saturated heterocycles. The quantitative estimate of drug-likeness (QED) is 0.0326. The molecule has 13 heteroatoms. The fourth-order valence-electron chi connectivity index (χ4n) is 5.12. The summed E-state index contributed by atoms with van der Waals surface area (Å²) in [5, 5.41) is 32.9. The van der Waals surface area contributed by atoms with Crippen molar-refractivity contribution in [3.8, 4) is 17.6 Å². The zero-order valence-electron chi connectivity index (χ0n) is 30.8. The zero-order valence-corrected chi connectivity index (χ0v) is 30.8. The fourth-order valence-corrected chi connectivity index (χ4v) is 5.12. The largest absolute Gasteiger partial charge is 0.481 e. The molecule has 1 aromatic carbocycles. The lowest BCUT2D eigenvalue weighted by Crippen LogP contribution is -2.54. The average Bonchev–Trinajstić information content (AvgIpc) is 3.10. The molecule has 1 rings (SSSR count). The smallest absolute Gasteiger partial charge is 0.337 e. The summed E-state index contributed by atoms with van der Waals surface area (Å²) in [6.07, 6.45) is 9.45. The van der Waals surface area contributed by atoms with Crippen LogP contribution in [0.5, 0.6) is 5.75 Å². The van der Waals surface area contributed by atoms with Crippen molar-refractivity contribution in [2.24, 2.45) is 5.92 Å². The van der Waals surface area contributed by atoms with E-state index in [1.54, 1.807) is 12.9 Å². The van der Waals surface area contributed by atoms with Gasteiger partial charge in [-0.25, -0.2) is 9.59 Å². The summed E-state index contributed by atoms with van der Waals surface area (Å²) in [4.78, 5) is 75.6. The normalized spacial score (nSPS) is 13.1. The first-order valence-electron chi connectivity index (χ1n) is 17.7. The van der Waals surface area contributed by atoms with Crippen LogP contribution in [0.3, 0.4) is 0 Å². The Morgan fingerprint density at radius 1 is 0.942 bits per heavy atom. The summed E-state index contributed by atoms with van der Waals surface area (Å²) >= 11 is 0. The molecular formula is C39H54N2O11. The Balaban J connectivity index is 3.15. The summed E-state index contributed by atoms with van der Waals surface area (Å²) in [5.74, 6) is 0.551. The lowest BCUT2D eigenvalue weighted by atomic mass is 9.83. The van der Waals surface area contributed by atoms with Crippen LogP contribution >= 0.6 is 0 Å². The van der Waals surface area contributed by atoms with E-state index in [1.807, 2.05) is 0 Å². The van der Waals surface area contributed by atoms with Crippen LogP contribution in [0.15, 0.2) is 36.4 Å². The van der Waals surface area contributed by atoms with E-state index in [-0.39, 0.29) is 23.5 Å². The van der Waals surface area contributed by atoms with Crippen LogP contribution < -0.4 is 10.1 Å². The van der Waals surface area contributed by atoms with Gasteiger partial charge in [0.25, 0.3) is 0 Å². The number of hydrogen-bond acceptors (Lipinski definition) is 9. The Morgan fingerprint density at radius 3 is 2.10 bits per heavy atom. The molecule has 0 radical (unpaired) electrons. The maximum atomic E-state index is 13.8. The first-order chi connectivity index (χ1) is 24.8. The number of ether oxygens (including phenoxy) is 2. The Labute approximate surface area is 306 Å². The highest BCUT2D eigenvalue weighted by Gasteiger charge is 2.49. The van der Waals surface area contributed by atoms with Crippen molar-refractivity contribution in [3.63, 3.8) is 0 Å². The van der Waals surface area contributed by atoms with Gasteiger partial charge in [0, 0.05) is 26.9 Å². The predicted molar refractivity (Wildman–Crippen MR) is 195 cm³/mol.